The number of anilines is 1. The molecule has 0 fully saturated rings. The number of rotatable bonds is 5. The molecule has 9 heteroatoms. The molecule has 1 aromatic carbocycles. The van der Waals surface area contributed by atoms with Crippen LogP contribution in [0.25, 0.3) is 0 Å². The summed E-state index contributed by atoms with van der Waals surface area (Å²) >= 11 is 0. The van der Waals surface area contributed by atoms with E-state index in [0.29, 0.717) is 12.2 Å². The second kappa shape index (κ2) is 5.99. The molecule has 1 heterocycles. The second-order valence-corrected chi connectivity index (χ2v) is 4.36. The van der Waals surface area contributed by atoms with E-state index in [-0.39, 0.29) is 23.5 Å². The Morgan fingerprint density at radius 2 is 2.29 bits per heavy atom. The summed E-state index contributed by atoms with van der Waals surface area (Å²) in [5, 5.41) is 21.2. The highest BCUT2D eigenvalue weighted by molar-refractivity contribution is 6.00. The number of nitro benzene ring substituents is 1. The van der Waals surface area contributed by atoms with Crippen LogP contribution in [0.3, 0.4) is 0 Å². The van der Waals surface area contributed by atoms with Gasteiger partial charge in [0.05, 0.1) is 4.92 Å². The van der Waals surface area contributed by atoms with Gasteiger partial charge in [-0.05, 0) is 12.1 Å². The van der Waals surface area contributed by atoms with Gasteiger partial charge in [-0.3, -0.25) is 14.9 Å². The van der Waals surface area contributed by atoms with Crippen molar-refractivity contribution >= 4 is 17.3 Å². The summed E-state index contributed by atoms with van der Waals surface area (Å²) in [5.74, 6) is 0.161. The quantitative estimate of drug-likeness (QED) is 0.462. The summed E-state index contributed by atoms with van der Waals surface area (Å²) in [7, 11) is 1.79. The lowest BCUT2D eigenvalue weighted by Crippen LogP contribution is -2.27. The maximum absolute atomic E-state index is 12.0. The zero-order valence-electron chi connectivity index (χ0n) is 11.3. The molecule has 0 aliphatic heterocycles. The molecule has 0 saturated heterocycles. The Kier molecular flexibility index (Phi) is 4.12. The Morgan fingerprint density at radius 3 is 2.90 bits per heavy atom. The second-order valence-electron chi connectivity index (χ2n) is 4.36. The number of nitrogen functional groups attached to an aromatic ring is 1. The number of aryl methyl sites for hydroxylation is 1. The Hall–Kier alpha value is -2.97. The predicted octanol–water partition coefficient (Wildman–Crippen LogP) is 0.278. The van der Waals surface area contributed by atoms with E-state index in [2.05, 4.69) is 15.5 Å². The summed E-state index contributed by atoms with van der Waals surface area (Å²) in [5.41, 5.74) is 5.06. The van der Waals surface area contributed by atoms with Crippen LogP contribution in [0.1, 0.15) is 16.2 Å². The van der Waals surface area contributed by atoms with E-state index in [0.717, 1.165) is 0 Å². The van der Waals surface area contributed by atoms with Crippen molar-refractivity contribution in [3.63, 3.8) is 0 Å². The molecule has 0 unspecified atom stereocenters. The van der Waals surface area contributed by atoms with Crippen molar-refractivity contribution in [2.24, 2.45) is 7.05 Å². The van der Waals surface area contributed by atoms with Crippen LogP contribution in [0.4, 0.5) is 11.4 Å². The molecular formula is C12H14N6O3. The van der Waals surface area contributed by atoms with Crippen LogP contribution in [-0.4, -0.2) is 32.1 Å². The summed E-state index contributed by atoms with van der Waals surface area (Å²) in [4.78, 5) is 22.3. The van der Waals surface area contributed by atoms with Crippen LogP contribution in [0, 0.1) is 10.1 Å². The Morgan fingerprint density at radius 1 is 1.52 bits per heavy atom. The van der Waals surface area contributed by atoms with E-state index in [1.807, 2.05) is 0 Å². The lowest BCUT2D eigenvalue weighted by Gasteiger charge is -2.06. The van der Waals surface area contributed by atoms with Gasteiger partial charge in [-0.25, -0.2) is 0 Å². The number of benzene rings is 1. The largest absolute Gasteiger partial charge is 0.393 e. The molecule has 0 saturated carbocycles. The highest BCUT2D eigenvalue weighted by Crippen LogP contribution is 2.25. The standard InChI is InChI=1S/C12H14N6O3/c1-17-7-15-16-10(17)5-6-14-12(19)8-3-2-4-9(13)11(8)18(20)21/h2-4,7H,5-6,13H2,1H3,(H,14,19). The van der Waals surface area contributed by atoms with Gasteiger partial charge in [-0.2, -0.15) is 0 Å². The number of para-hydroxylation sites is 1. The van der Waals surface area contributed by atoms with Gasteiger partial charge >= 0.3 is 5.69 Å². The molecule has 21 heavy (non-hydrogen) atoms. The fraction of sp³-hybridized carbons (Fsp3) is 0.250. The zero-order valence-corrected chi connectivity index (χ0v) is 11.3. The lowest BCUT2D eigenvalue weighted by atomic mass is 10.1. The number of aromatic nitrogens is 3. The molecule has 3 N–H and O–H groups in total. The van der Waals surface area contributed by atoms with Gasteiger partial charge in [0.25, 0.3) is 5.91 Å². The predicted molar refractivity (Wildman–Crippen MR) is 74.5 cm³/mol. The van der Waals surface area contributed by atoms with Crippen molar-refractivity contribution in [1.29, 1.82) is 0 Å². The van der Waals surface area contributed by atoms with Crippen molar-refractivity contribution in [3.8, 4) is 0 Å². The van der Waals surface area contributed by atoms with E-state index < -0.39 is 10.8 Å². The molecule has 1 aromatic heterocycles. The third-order valence-electron chi connectivity index (χ3n) is 2.93. The first-order valence-electron chi connectivity index (χ1n) is 6.14. The molecule has 0 atom stereocenters. The minimum Gasteiger partial charge on any atom is -0.393 e. The van der Waals surface area contributed by atoms with Crippen LogP contribution >= 0.6 is 0 Å². The van der Waals surface area contributed by atoms with E-state index in [1.54, 1.807) is 17.9 Å². The normalized spacial score (nSPS) is 10.3. The monoisotopic (exact) mass is 290 g/mol. The van der Waals surface area contributed by atoms with Crippen molar-refractivity contribution in [2.45, 2.75) is 6.42 Å². The SMILES string of the molecule is Cn1cnnc1CCNC(=O)c1cccc(N)c1[N+](=O)[O-]. The average Bonchev–Trinajstić information content (AvgIpc) is 2.83. The molecular weight excluding hydrogens is 276 g/mol. The van der Waals surface area contributed by atoms with Gasteiger partial charge in [-0.15, -0.1) is 10.2 Å². The highest BCUT2D eigenvalue weighted by atomic mass is 16.6. The first-order valence-corrected chi connectivity index (χ1v) is 6.14. The molecule has 110 valence electrons. The maximum atomic E-state index is 12.0. The van der Waals surface area contributed by atoms with Crippen molar-refractivity contribution in [3.05, 3.63) is 46.0 Å². The summed E-state index contributed by atoms with van der Waals surface area (Å²) < 4.78 is 1.73. The van der Waals surface area contributed by atoms with E-state index in [1.165, 1.54) is 18.2 Å². The lowest BCUT2D eigenvalue weighted by molar-refractivity contribution is -0.384. The van der Waals surface area contributed by atoms with Crippen LogP contribution < -0.4 is 11.1 Å². The first-order chi connectivity index (χ1) is 10.0. The topological polar surface area (TPSA) is 129 Å². The Bertz CT molecular complexity index is 681. The van der Waals surface area contributed by atoms with Crippen molar-refractivity contribution < 1.29 is 9.72 Å². The minimum atomic E-state index is -0.660. The van der Waals surface area contributed by atoms with Gasteiger partial charge in [0.15, 0.2) is 0 Å². The van der Waals surface area contributed by atoms with Crippen LogP contribution in [-0.2, 0) is 13.5 Å². The third-order valence-corrected chi connectivity index (χ3v) is 2.93. The Balaban J connectivity index is 2.06. The van der Waals surface area contributed by atoms with E-state index in [9.17, 15) is 14.9 Å². The number of nitro groups is 1. The van der Waals surface area contributed by atoms with Gasteiger partial charge < -0.3 is 15.6 Å². The molecule has 0 radical (unpaired) electrons. The number of carbonyl (C=O) groups excluding carboxylic acids is 1. The number of carbonyl (C=O) groups is 1. The van der Waals surface area contributed by atoms with Crippen LogP contribution in [0.2, 0.25) is 0 Å². The van der Waals surface area contributed by atoms with Crippen molar-refractivity contribution in [2.75, 3.05) is 12.3 Å². The summed E-state index contributed by atoms with van der Waals surface area (Å²) in [6, 6.07) is 4.25. The third kappa shape index (κ3) is 3.14. The average molecular weight is 290 g/mol. The maximum Gasteiger partial charge on any atom is 0.304 e. The first kappa shape index (κ1) is 14.4. The van der Waals surface area contributed by atoms with Crippen LogP contribution in [0.15, 0.2) is 24.5 Å². The van der Waals surface area contributed by atoms with Crippen LogP contribution in [0.5, 0.6) is 0 Å². The van der Waals surface area contributed by atoms with Gasteiger partial charge in [0.2, 0.25) is 0 Å². The molecule has 2 aromatic rings. The number of nitrogens with zero attached hydrogens (tertiary/aromatic N) is 4. The molecule has 0 spiro atoms. The minimum absolute atomic E-state index is 0.0408. The molecule has 2 rings (SSSR count). The molecule has 9 nitrogen and oxygen atoms in total. The summed E-state index contributed by atoms with van der Waals surface area (Å²) in [6.07, 6.45) is 2.03. The van der Waals surface area contributed by atoms with Crippen molar-refractivity contribution in [1.82, 2.24) is 20.1 Å². The Labute approximate surface area is 119 Å². The smallest absolute Gasteiger partial charge is 0.304 e. The zero-order chi connectivity index (χ0) is 15.4. The van der Waals surface area contributed by atoms with Gasteiger partial charge in [0.1, 0.15) is 23.4 Å². The van der Waals surface area contributed by atoms with E-state index >= 15 is 0 Å². The number of nitrogens with two attached hydrogens (primary N) is 1. The fourth-order valence-electron chi connectivity index (χ4n) is 1.86. The molecule has 1 amide bonds. The highest BCUT2D eigenvalue weighted by Gasteiger charge is 2.22. The van der Waals surface area contributed by atoms with Gasteiger partial charge in [0, 0.05) is 20.0 Å². The number of hydrogen-bond donors (Lipinski definition) is 2. The van der Waals surface area contributed by atoms with E-state index in [4.69, 9.17) is 5.73 Å². The summed E-state index contributed by atoms with van der Waals surface area (Å²) in [6.45, 7) is 0.289. The number of amides is 1. The molecule has 0 aliphatic rings. The number of hydrogen-bond acceptors (Lipinski definition) is 6. The fourth-order valence-corrected chi connectivity index (χ4v) is 1.86. The number of nitrogens with one attached hydrogen (secondary N) is 1. The van der Waals surface area contributed by atoms with Gasteiger partial charge in [-0.1, -0.05) is 6.07 Å². The molecule has 0 bridgehead atoms. The molecule has 0 aliphatic carbocycles.